The first-order chi connectivity index (χ1) is 8.58. The van der Waals surface area contributed by atoms with E-state index in [0.29, 0.717) is 10.0 Å². The van der Waals surface area contributed by atoms with Gasteiger partial charge in [-0.15, -0.1) is 0 Å². The molecule has 0 radical (unpaired) electrons. The molecule has 0 unspecified atom stereocenters. The molecule has 0 bridgehead atoms. The van der Waals surface area contributed by atoms with E-state index in [-0.39, 0.29) is 16.8 Å². The van der Waals surface area contributed by atoms with Crippen molar-refractivity contribution in [2.45, 2.75) is 0 Å². The molecule has 2 aromatic rings. The summed E-state index contributed by atoms with van der Waals surface area (Å²) in [4.78, 5) is 3.90. The Hall–Kier alpha value is -1.64. The average Bonchev–Trinajstić information content (AvgIpc) is 2.33. The molecule has 6 heteroatoms. The largest absolute Gasteiger partial charge is 0.438 e. The van der Waals surface area contributed by atoms with Gasteiger partial charge >= 0.3 is 0 Å². The molecule has 0 aliphatic carbocycles. The topological polar surface area (TPSA) is 45.9 Å². The molecule has 0 aliphatic rings. The van der Waals surface area contributed by atoms with E-state index in [4.69, 9.17) is 21.6 Å². The number of nitriles is 1. The summed E-state index contributed by atoms with van der Waals surface area (Å²) in [5, 5.41) is 8.93. The van der Waals surface area contributed by atoms with Gasteiger partial charge < -0.3 is 4.74 Å². The van der Waals surface area contributed by atoms with E-state index in [9.17, 15) is 4.39 Å². The van der Waals surface area contributed by atoms with Gasteiger partial charge in [0.1, 0.15) is 16.7 Å². The van der Waals surface area contributed by atoms with Crippen molar-refractivity contribution in [1.82, 2.24) is 4.98 Å². The van der Waals surface area contributed by atoms with Crippen LogP contribution in [0.5, 0.6) is 11.6 Å². The molecule has 90 valence electrons. The molecular formula is C12H5BrClFN2O. The predicted molar refractivity (Wildman–Crippen MR) is 68.1 cm³/mol. The Morgan fingerprint density at radius 2 is 2.11 bits per heavy atom. The van der Waals surface area contributed by atoms with Gasteiger partial charge in [0.05, 0.1) is 16.1 Å². The number of nitrogens with zero attached hydrogens (tertiary/aromatic N) is 2. The van der Waals surface area contributed by atoms with E-state index in [1.165, 1.54) is 30.3 Å². The monoisotopic (exact) mass is 326 g/mol. The van der Waals surface area contributed by atoms with E-state index >= 15 is 0 Å². The second kappa shape index (κ2) is 5.34. The maximum atomic E-state index is 13.1. The Labute approximate surface area is 116 Å². The predicted octanol–water partition coefficient (Wildman–Crippen LogP) is 4.30. The Balaban J connectivity index is 2.37. The maximum absolute atomic E-state index is 13.1. The number of halogens is 3. The van der Waals surface area contributed by atoms with Gasteiger partial charge in [0, 0.05) is 12.1 Å². The third kappa shape index (κ3) is 2.97. The van der Waals surface area contributed by atoms with Crippen LogP contribution in [0.1, 0.15) is 5.56 Å². The van der Waals surface area contributed by atoms with Crippen molar-refractivity contribution in [2.24, 2.45) is 0 Å². The third-order valence-electron chi connectivity index (χ3n) is 2.01. The van der Waals surface area contributed by atoms with E-state index < -0.39 is 5.82 Å². The quantitative estimate of drug-likeness (QED) is 0.773. The number of hydrogen-bond acceptors (Lipinski definition) is 3. The van der Waals surface area contributed by atoms with Crippen LogP contribution in [0, 0.1) is 17.1 Å². The van der Waals surface area contributed by atoms with Gasteiger partial charge in [0.25, 0.3) is 0 Å². The molecule has 0 fully saturated rings. The fourth-order valence-corrected chi connectivity index (χ4v) is 1.79. The van der Waals surface area contributed by atoms with Crippen LogP contribution in [-0.2, 0) is 0 Å². The summed E-state index contributed by atoms with van der Waals surface area (Å²) in [6.45, 7) is 0. The first kappa shape index (κ1) is 12.8. The zero-order valence-electron chi connectivity index (χ0n) is 8.82. The molecular weight excluding hydrogens is 322 g/mol. The van der Waals surface area contributed by atoms with Crippen molar-refractivity contribution in [2.75, 3.05) is 0 Å². The Kier molecular flexibility index (Phi) is 3.80. The number of ether oxygens (including phenoxy) is 1. The summed E-state index contributed by atoms with van der Waals surface area (Å²) in [6, 6.07) is 8.78. The minimum Gasteiger partial charge on any atom is -0.438 e. The third-order valence-corrected chi connectivity index (χ3v) is 2.86. The molecule has 3 nitrogen and oxygen atoms in total. The molecule has 18 heavy (non-hydrogen) atoms. The molecule has 2 rings (SSSR count). The van der Waals surface area contributed by atoms with Crippen LogP contribution in [0.15, 0.2) is 34.8 Å². The number of aromatic nitrogens is 1. The fourth-order valence-electron chi connectivity index (χ4n) is 1.26. The van der Waals surface area contributed by atoms with Gasteiger partial charge in [-0.3, -0.25) is 0 Å². The normalized spacial score (nSPS) is 9.89. The summed E-state index contributed by atoms with van der Waals surface area (Å²) in [6.07, 6.45) is 0. The van der Waals surface area contributed by atoms with Crippen LogP contribution in [-0.4, -0.2) is 4.98 Å². The zero-order valence-corrected chi connectivity index (χ0v) is 11.2. The average molecular weight is 328 g/mol. The van der Waals surface area contributed by atoms with Gasteiger partial charge in [-0.2, -0.15) is 5.26 Å². The summed E-state index contributed by atoms with van der Waals surface area (Å²) in [5.41, 5.74) is 0.317. The minimum atomic E-state index is -0.435. The van der Waals surface area contributed by atoms with Crippen molar-refractivity contribution < 1.29 is 9.13 Å². The lowest BCUT2D eigenvalue weighted by atomic mass is 10.3. The molecule has 1 heterocycles. The van der Waals surface area contributed by atoms with Crippen LogP contribution in [0.25, 0.3) is 0 Å². The highest BCUT2D eigenvalue weighted by molar-refractivity contribution is 9.10. The Bertz CT molecular complexity index is 642. The van der Waals surface area contributed by atoms with Crippen molar-refractivity contribution in [3.63, 3.8) is 0 Å². The second-order valence-electron chi connectivity index (χ2n) is 3.31. The molecule has 1 aromatic carbocycles. The van der Waals surface area contributed by atoms with Crippen molar-refractivity contribution in [3.05, 3.63) is 51.3 Å². The van der Waals surface area contributed by atoms with Crippen LogP contribution in [0.2, 0.25) is 5.15 Å². The van der Waals surface area contributed by atoms with Gasteiger partial charge in [0.15, 0.2) is 0 Å². The van der Waals surface area contributed by atoms with E-state index in [1.54, 1.807) is 0 Å². The van der Waals surface area contributed by atoms with Crippen LogP contribution in [0.4, 0.5) is 4.39 Å². The van der Waals surface area contributed by atoms with Crippen LogP contribution in [0.3, 0.4) is 0 Å². The molecule has 1 aromatic heterocycles. The van der Waals surface area contributed by atoms with Crippen LogP contribution < -0.4 is 4.74 Å². The Morgan fingerprint density at radius 3 is 2.83 bits per heavy atom. The summed E-state index contributed by atoms with van der Waals surface area (Å²) in [7, 11) is 0. The first-order valence-electron chi connectivity index (χ1n) is 4.79. The standard InChI is InChI=1S/C12H5BrClFN2O/c13-9-2-1-8(15)5-10(9)18-12-4-7(6-16)3-11(14)17-12/h1-5H. The van der Waals surface area contributed by atoms with Crippen LogP contribution >= 0.6 is 27.5 Å². The maximum Gasteiger partial charge on any atom is 0.222 e. The van der Waals surface area contributed by atoms with Gasteiger partial charge in [0.2, 0.25) is 5.88 Å². The lowest BCUT2D eigenvalue weighted by Gasteiger charge is -2.07. The van der Waals surface area contributed by atoms with Gasteiger partial charge in [-0.25, -0.2) is 9.37 Å². The molecule has 0 saturated carbocycles. The lowest BCUT2D eigenvalue weighted by Crippen LogP contribution is -1.91. The number of benzene rings is 1. The second-order valence-corrected chi connectivity index (χ2v) is 4.55. The zero-order chi connectivity index (χ0) is 13.1. The van der Waals surface area contributed by atoms with Crippen molar-refractivity contribution in [1.29, 1.82) is 5.26 Å². The van der Waals surface area contributed by atoms with Gasteiger partial charge in [-0.1, -0.05) is 11.6 Å². The number of hydrogen-bond donors (Lipinski definition) is 0. The molecule has 0 atom stereocenters. The highest BCUT2D eigenvalue weighted by atomic mass is 79.9. The van der Waals surface area contributed by atoms with Crippen molar-refractivity contribution in [3.8, 4) is 17.7 Å². The SMILES string of the molecule is N#Cc1cc(Cl)nc(Oc2cc(F)ccc2Br)c1. The summed E-state index contributed by atoms with van der Waals surface area (Å²) < 4.78 is 19.0. The fraction of sp³-hybridized carbons (Fsp3) is 0. The molecule has 0 aliphatic heterocycles. The Morgan fingerprint density at radius 1 is 1.33 bits per heavy atom. The summed E-state index contributed by atoms with van der Waals surface area (Å²) >= 11 is 8.96. The highest BCUT2D eigenvalue weighted by Crippen LogP contribution is 2.30. The highest BCUT2D eigenvalue weighted by Gasteiger charge is 2.07. The number of pyridine rings is 1. The van der Waals surface area contributed by atoms with E-state index in [0.717, 1.165) is 0 Å². The molecule has 0 saturated heterocycles. The molecule has 0 spiro atoms. The molecule has 0 N–H and O–H groups in total. The van der Waals surface area contributed by atoms with Gasteiger partial charge in [-0.05, 0) is 34.1 Å². The minimum absolute atomic E-state index is 0.130. The first-order valence-corrected chi connectivity index (χ1v) is 5.96. The van der Waals surface area contributed by atoms with Crippen molar-refractivity contribution >= 4 is 27.5 Å². The molecule has 0 amide bonds. The summed E-state index contributed by atoms with van der Waals surface area (Å²) in [5.74, 6) is -0.0465. The smallest absolute Gasteiger partial charge is 0.222 e. The lowest BCUT2D eigenvalue weighted by molar-refractivity contribution is 0.455. The van der Waals surface area contributed by atoms with E-state index in [1.807, 2.05) is 6.07 Å². The van der Waals surface area contributed by atoms with E-state index in [2.05, 4.69) is 20.9 Å². The number of rotatable bonds is 2.